The number of benzene rings is 2. The molecule has 18 heavy (non-hydrogen) atoms. The lowest BCUT2D eigenvalue weighted by atomic mass is 10.1. The minimum absolute atomic E-state index is 0.137. The molecule has 2 nitrogen and oxygen atoms in total. The Kier molecular flexibility index (Phi) is 3.99. The van der Waals surface area contributed by atoms with Crippen LogP contribution < -0.4 is 4.74 Å². The van der Waals surface area contributed by atoms with E-state index in [2.05, 4.69) is 15.9 Å². The van der Waals surface area contributed by atoms with Crippen LogP contribution in [0.3, 0.4) is 0 Å². The lowest BCUT2D eigenvalue weighted by molar-refractivity contribution is 0.198. The normalized spacial score (nSPS) is 12.2. The lowest BCUT2D eigenvalue weighted by Gasteiger charge is -2.09. The van der Waals surface area contributed by atoms with Crippen molar-refractivity contribution in [2.24, 2.45) is 0 Å². The van der Waals surface area contributed by atoms with Crippen LogP contribution in [-0.4, -0.2) is 5.11 Å². The van der Waals surface area contributed by atoms with Crippen LogP contribution in [0.1, 0.15) is 18.6 Å². The molecule has 94 valence electrons. The van der Waals surface area contributed by atoms with Gasteiger partial charge in [0.1, 0.15) is 5.75 Å². The Morgan fingerprint density at radius 2 is 2.00 bits per heavy atom. The molecule has 0 aliphatic heterocycles. The maximum atomic E-state index is 13.7. The van der Waals surface area contributed by atoms with Crippen molar-refractivity contribution in [3.63, 3.8) is 0 Å². The fourth-order valence-electron chi connectivity index (χ4n) is 1.52. The van der Waals surface area contributed by atoms with Crippen LogP contribution in [0, 0.1) is 5.82 Å². The van der Waals surface area contributed by atoms with Crippen molar-refractivity contribution in [1.29, 1.82) is 0 Å². The summed E-state index contributed by atoms with van der Waals surface area (Å²) in [6, 6.07) is 11.6. The van der Waals surface area contributed by atoms with E-state index in [-0.39, 0.29) is 5.75 Å². The van der Waals surface area contributed by atoms with E-state index in [4.69, 9.17) is 4.74 Å². The molecule has 0 unspecified atom stereocenters. The summed E-state index contributed by atoms with van der Waals surface area (Å²) in [6.45, 7) is 1.59. The summed E-state index contributed by atoms with van der Waals surface area (Å²) < 4.78 is 20.0. The second-order valence-corrected chi connectivity index (χ2v) is 4.84. The van der Waals surface area contributed by atoms with Crippen molar-refractivity contribution >= 4 is 15.9 Å². The Labute approximate surface area is 113 Å². The molecule has 0 aliphatic rings. The minimum atomic E-state index is -0.695. The highest BCUT2D eigenvalue weighted by Crippen LogP contribution is 2.28. The summed E-state index contributed by atoms with van der Waals surface area (Å²) in [7, 11) is 0. The molecule has 0 bridgehead atoms. The Morgan fingerprint density at radius 3 is 2.61 bits per heavy atom. The van der Waals surface area contributed by atoms with E-state index in [1.165, 1.54) is 12.1 Å². The Hall–Kier alpha value is -1.39. The van der Waals surface area contributed by atoms with Gasteiger partial charge < -0.3 is 9.84 Å². The zero-order valence-corrected chi connectivity index (χ0v) is 11.3. The fourth-order valence-corrected chi connectivity index (χ4v) is 1.90. The van der Waals surface area contributed by atoms with Crippen molar-refractivity contribution in [1.82, 2.24) is 0 Å². The minimum Gasteiger partial charge on any atom is -0.454 e. The number of aliphatic hydroxyl groups is 1. The van der Waals surface area contributed by atoms with Gasteiger partial charge in [-0.1, -0.05) is 28.1 Å². The molecule has 0 amide bonds. The average molecular weight is 311 g/mol. The Balaban J connectivity index is 2.24. The summed E-state index contributed by atoms with van der Waals surface area (Å²) in [5, 5.41) is 9.35. The standard InChI is InChI=1S/C14H12BrFO2/c1-9(17)10-5-6-14(13(16)7-10)18-12-4-2-3-11(15)8-12/h2-9,17H,1H3/t9-/m0/s1. The van der Waals surface area contributed by atoms with Crippen LogP contribution in [0.2, 0.25) is 0 Å². The van der Waals surface area contributed by atoms with Crippen LogP contribution in [0.15, 0.2) is 46.9 Å². The van der Waals surface area contributed by atoms with E-state index in [0.29, 0.717) is 11.3 Å². The van der Waals surface area contributed by atoms with E-state index < -0.39 is 11.9 Å². The molecular weight excluding hydrogens is 299 g/mol. The first-order valence-electron chi connectivity index (χ1n) is 5.47. The summed E-state index contributed by atoms with van der Waals surface area (Å²) in [5.41, 5.74) is 0.522. The van der Waals surface area contributed by atoms with E-state index in [0.717, 1.165) is 4.47 Å². The molecule has 0 spiro atoms. The van der Waals surface area contributed by atoms with Crippen LogP contribution in [-0.2, 0) is 0 Å². The monoisotopic (exact) mass is 310 g/mol. The SMILES string of the molecule is C[C@H](O)c1ccc(Oc2cccc(Br)c2)c(F)c1. The molecule has 0 aliphatic carbocycles. The highest BCUT2D eigenvalue weighted by molar-refractivity contribution is 9.10. The van der Waals surface area contributed by atoms with E-state index >= 15 is 0 Å². The summed E-state index contributed by atoms with van der Waals surface area (Å²) >= 11 is 3.32. The maximum absolute atomic E-state index is 13.7. The van der Waals surface area contributed by atoms with Crippen LogP contribution in [0.4, 0.5) is 4.39 Å². The van der Waals surface area contributed by atoms with Crippen molar-refractivity contribution in [2.75, 3.05) is 0 Å². The zero-order chi connectivity index (χ0) is 13.1. The molecule has 2 rings (SSSR count). The number of hydrogen-bond acceptors (Lipinski definition) is 2. The topological polar surface area (TPSA) is 29.5 Å². The molecule has 4 heteroatoms. The second kappa shape index (κ2) is 5.50. The third-order valence-electron chi connectivity index (χ3n) is 2.46. The number of rotatable bonds is 3. The predicted molar refractivity (Wildman–Crippen MR) is 71.2 cm³/mol. The van der Waals surface area contributed by atoms with Crippen LogP contribution >= 0.6 is 15.9 Å². The third-order valence-corrected chi connectivity index (χ3v) is 2.96. The van der Waals surface area contributed by atoms with Crippen molar-refractivity contribution in [3.8, 4) is 11.5 Å². The number of halogens is 2. The first-order chi connectivity index (χ1) is 8.56. The van der Waals surface area contributed by atoms with Gasteiger partial charge in [0.05, 0.1) is 6.10 Å². The van der Waals surface area contributed by atoms with Crippen molar-refractivity contribution in [2.45, 2.75) is 13.0 Å². The molecule has 1 atom stereocenters. The van der Waals surface area contributed by atoms with Crippen LogP contribution in [0.25, 0.3) is 0 Å². The smallest absolute Gasteiger partial charge is 0.166 e. The van der Waals surface area contributed by atoms with Gasteiger partial charge in [0, 0.05) is 4.47 Å². The van der Waals surface area contributed by atoms with Gasteiger partial charge in [-0.3, -0.25) is 0 Å². The Bertz CT molecular complexity index is 555. The third kappa shape index (κ3) is 3.09. The van der Waals surface area contributed by atoms with Gasteiger partial charge in [0.25, 0.3) is 0 Å². The molecule has 0 aromatic heterocycles. The molecule has 0 radical (unpaired) electrons. The molecule has 2 aromatic rings. The first kappa shape index (κ1) is 13.1. The van der Waals surface area contributed by atoms with Gasteiger partial charge in [-0.15, -0.1) is 0 Å². The molecule has 2 aromatic carbocycles. The molecular formula is C14H12BrFO2. The summed E-state index contributed by atoms with van der Waals surface area (Å²) in [6.07, 6.45) is -0.695. The zero-order valence-electron chi connectivity index (χ0n) is 9.73. The van der Waals surface area contributed by atoms with Gasteiger partial charge in [-0.05, 0) is 42.8 Å². The van der Waals surface area contributed by atoms with Crippen molar-refractivity contribution in [3.05, 3.63) is 58.3 Å². The van der Waals surface area contributed by atoms with Crippen LogP contribution in [0.5, 0.6) is 11.5 Å². The second-order valence-electron chi connectivity index (χ2n) is 3.93. The van der Waals surface area contributed by atoms with Gasteiger partial charge >= 0.3 is 0 Å². The highest BCUT2D eigenvalue weighted by Gasteiger charge is 2.08. The molecule has 1 N–H and O–H groups in total. The highest BCUT2D eigenvalue weighted by atomic mass is 79.9. The Morgan fingerprint density at radius 1 is 1.22 bits per heavy atom. The van der Waals surface area contributed by atoms with Gasteiger partial charge in [0.15, 0.2) is 11.6 Å². The summed E-state index contributed by atoms with van der Waals surface area (Å²) in [5.74, 6) is 0.193. The number of ether oxygens (including phenoxy) is 1. The number of aliphatic hydroxyl groups excluding tert-OH is 1. The maximum Gasteiger partial charge on any atom is 0.166 e. The summed E-state index contributed by atoms with van der Waals surface area (Å²) in [4.78, 5) is 0. The fraction of sp³-hybridized carbons (Fsp3) is 0.143. The molecule has 0 saturated carbocycles. The quantitative estimate of drug-likeness (QED) is 0.908. The largest absolute Gasteiger partial charge is 0.454 e. The number of hydrogen-bond donors (Lipinski definition) is 1. The predicted octanol–water partition coefficient (Wildman–Crippen LogP) is 4.43. The first-order valence-corrected chi connectivity index (χ1v) is 6.26. The molecule has 0 fully saturated rings. The lowest BCUT2D eigenvalue weighted by Crippen LogP contribution is -1.94. The molecule has 0 saturated heterocycles. The van der Waals surface area contributed by atoms with Gasteiger partial charge in [-0.25, -0.2) is 4.39 Å². The van der Waals surface area contributed by atoms with Gasteiger partial charge in [-0.2, -0.15) is 0 Å². The van der Waals surface area contributed by atoms with E-state index in [1.807, 2.05) is 12.1 Å². The van der Waals surface area contributed by atoms with E-state index in [9.17, 15) is 9.50 Å². The molecule has 0 heterocycles. The van der Waals surface area contributed by atoms with E-state index in [1.54, 1.807) is 25.1 Å². The van der Waals surface area contributed by atoms with Crippen molar-refractivity contribution < 1.29 is 14.2 Å². The average Bonchev–Trinajstić information content (AvgIpc) is 2.31. The van der Waals surface area contributed by atoms with Gasteiger partial charge in [0.2, 0.25) is 0 Å².